The monoisotopic (exact) mass is 444 g/mol. The van der Waals surface area contributed by atoms with Crippen LogP contribution in [0.25, 0.3) is 0 Å². The number of nitrogens with zero attached hydrogens (tertiary/aromatic N) is 2. The van der Waals surface area contributed by atoms with Gasteiger partial charge in [0.05, 0.1) is 6.61 Å². The quantitative estimate of drug-likeness (QED) is 0.576. The highest BCUT2D eigenvalue weighted by molar-refractivity contribution is 5.94. The van der Waals surface area contributed by atoms with Crippen molar-refractivity contribution in [2.45, 2.75) is 26.0 Å². The molecule has 0 spiro atoms. The summed E-state index contributed by atoms with van der Waals surface area (Å²) in [6.45, 7) is 8.21. The zero-order valence-corrected chi connectivity index (χ0v) is 19.4. The molecule has 0 aliphatic carbocycles. The normalized spacial score (nSPS) is 18.7. The molecule has 5 heteroatoms. The number of carbonyl (C=O) groups is 1. The van der Waals surface area contributed by atoms with E-state index in [1.807, 2.05) is 61.2 Å². The number of carbonyl (C=O) groups excluding carboxylic acids is 1. The number of hydrogen-bond acceptors (Lipinski definition) is 4. The maximum Gasteiger partial charge on any atom is 0.253 e. The minimum absolute atomic E-state index is 0.0354. The third-order valence-corrected chi connectivity index (χ3v) is 6.41. The maximum absolute atomic E-state index is 12.8. The van der Waals surface area contributed by atoms with E-state index in [0.29, 0.717) is 31.8 Å². The highest BCUT2D eigenvalue weighted by Crippen LogP contribution is 2.38. The van der Waals surface area contributed by atoms with Crippen LogP contribution in [0.3, 0.4) is 0 Å². The summed E-state index contributed by atoms with van der Waals surface area (Å²) >= 11 is 0. The zero-order chi connectivity index (χ0) is 23.3. The number of hydrogen-bond donors (Lipinski definition) is 1. The third kappa shape index (κ3) is 4.95. The lowest BCUT2D eigenvalue weighted by atomic mass is 9.84. The molecule has 1 unspecified atom stereocenters. The van der Waals surface area contributed by atoms with E-state index in [4.69, 9.17) is 4.74 Å². The van der Waals surface area contributed by atoms with Gasteiger partial charge in [-0.25, -0.2) is 0 Å². The molecule has 1 N–H and O–H groups in total. The Labute approximate surface area is 196 Å². The van der Waals surface area contributed by atoms with E-state index < -0.39 is 5.60 Å². The summed E-state index contributed by atoms with van der Waals surface area (Å²) in [5.41, 5.74) is 3.07. The van der Waals surface area contributed by atoms with Crippen LogP contribution >= 0.6 is 0 Å². The van der Waals surface area contributed by atoms with Gasteiger partial charge in [-0.05, 0) is 54.8 Å². The highest BCUT2D eigenvalue weighted by Gasteiger charge is 2.40. The second-order valence-electron chi connectivity index (χ2n) is 8.48. The van der Waals surface area contributed by atoms with Crippen molar-refractivity contribution >= 4 is 5.91 Å². The van der Waals surface area contributed by atoms with Gasteiger partial charge in [0.2, 0.25) is 0 Å². The van der Waals surface area contributed by atoms with E-state index in [0.717, 1.165) is 24.2 Å². The standard InChI is InChI=1S/C28H32N2O3/c1-3-30(4-2)27(32)23-13-15-24(16-14-23)28(25-11-8-12-26(31)19-25)21-29(17-18-33-28)20-22-9-6-5-7-10-22/h5-16,19,31H,3-4,17-18,20-21H2,1-2H3. The number of amides is 1. The fourth-order valence-corrected chi connectivity index (χ4v) is 4.61. The first-order valence-electron chi connectivity index (χ1n) is 11.7. The fourth-order valence-electron chi connectivity index (χ4n) is 4.61. The minimum atomic E-state index is -0.734. The summed E-state index contributed by atoms with van der Waals surface area (Å²) in [5.74, 6) is 0.247. The largest absolute Gasteiger partial charge is 0.508 e. The second-order valence-corrected chi connectivity index (χ2v) is 8.48. The molecule has 0 radical (unpaired) electrons. The Kier molecular flexibility index (Phi) is 7.11. The van der Waals surface area contributed by atoms with Crippen molar-refractivity contribution in [2.75, 3.05) is 32.8 Å². The van der Waals surface area contributed by atoms with E-state index >= 15 is 0 Å². The van der Waals surface area contributed by atoms with E-state index in [1.165, 1.54) is 5.56 Å². The van der Waals surface area contributed by atoms with Crippen LogP contribution in [0.15, 0.2) is 78.9 Å². The molecular weight excluding hydrogens is 412 g/mol. The van der Waals surface area contributed by atoms with Gasteiger partial charge >= 0.3 is 0 Å². The van der Waals surface area contributed by atoms with Crippen molar-refractivity contribution < 1.29 is 14.6 Å². The molecule has 1 heterocycles. The number of ether oxygens (including phenoxy) is 1. The number of phenolic OH excluding ortho intramolecular Hbond substituents is 1. The lowest BCUT2D eigenvalue weighted by Gasteiger charge is -2.43. The van der Waals surface area contributed by atoms with Crippen LogP contribution in [0, 0.1) is 0 Å². The number of benzene rings is 3. The SMILES string of the molecule is CCN(CC)C(=O)c1ccc(C2(c3cccc(O)c3)CN(Cc3ccccc3)CCO2)cc1. The molecule has 3 aromatic rings. The Hall–Kier alpha value is -3.15. The summed E-state index contributed by atoms with van der Waals surface area (Å²) in [5, 5.41) is 10.2. The summed E-state index contributed by atoms with van der Waals surface area (Å²) in [4.78, 5) is 17.0. The molecule has 0 bridgehead atoms. The Morgan fingerprint density at radius 2 is 1.70 bits per heavy atom. The van der Waals surface area contributed by atoms with Crippen molar-refractivity contribution in [1.82, 2.24) is 9.80 Å². The molecule has 33 heavy (non-hydrogen) atoms. The first kappa shape index (κ1) is 23.0. The van der Waals surface area contributed by atoms with Crippen molar-refractivity contribution in [2.24, 2.45) is 0 Å². The molecule has 4 rings (SSSR count). The predicted molar refractivity (Wildman–Crippen MR) is 130 cm³/mol. The van der Waals surface area contributed by atoms with Gasteiger partial charge in [0, 0.05) is 38.3 Å². The van der Waals surface area contributed by atoms with Crippen LogP contribution in [-0.2, 0) is 16.9 Å². The maximum atomic E-state index is 12.8. The molecule has 172 valence electrons. The zero-order valence-electron chi connectivity index (χ0n) is 19.4. The lowest BCUT2D eigenvalue weighted by molar-refractivity contribution is -0.0907. The van der Waals surface area contributed by atoms with Crippen molar-refractivity contribution in [3.63, 3.8) is 0 Å². The number of rotatable bonds is 7. The first-order chi connectivity index (χ1) is 16.1. The third-order valence-electron chi connectivity index (χ3n) is 6.41. The second kappa shape index (κ2) is 10.2. The van der Waals surface area contributed by atoms with Crippen LogP contribution < -0.4 is 0 Å². The van der Waals surface area contributed by atoms with Crippen LogP contribution in [0.1, 0.15) is 40.9 Å². The van der Waals surface area contributed by atoms with Crippen molar-refractivity contribution in [1.29, 1.82) is 0 Å². The van der Waals surface area contributed by atoms with Gasteiger partial charge in [-0.1, -0.05) is 54.6 Å². The van der Waals surface area contributed by atoms with Gasteiger partial charge < -0.3 is 14.7 Å². The van der Waals surface area contributed by atoms with E-state index in [9.17, 15) is 9.90 Å². The van der Waals surface area contributed by atoms with Crippen LogP contribution in [-0.4, -0.2) is 53.6 Å². The molecule has 1 atom stereocenters. The summed E-state index contributed by atoms with van der Waals surface area (Å²) < 4.78 is 6.50. The van der Waals surface area contributed by atoms with Crippen LogP contribution in [0.4, 0.5) is 0 Å². The van der Waals surface area contributed by atoms with E-state index in [2.05, 4.69) is 29.2 Å². The summed E-state index contributed by atoms with van der Waals surface area (Å²) in [7, 11) is 0. The lowest BCUT2D eigenvalue weighted by Crippen LogP contribution is -2.50. The Bertz CT molecular complexity index is 1060. The van der Waals surface area contributed by atoms with Gasteiger partial charge in [-0.2, -0.15) is 0 Å². The number of phenols is 1. The number of aromatic hydroxyl groups is 1. The highest BCUT2D eigenvalue weighted by atomic mass is 16.5. The van der Waals surface area contributed by atoms with E-state index in [-0.39, 0.29) is 11.7 Å². The van der Waals surface area contributed by atoms with Gasteiger partial charge in [0.25, 0.3) is 5.91 Å². The van der Waals surface area contributed by atoms with Gasteiger partial charge in [0.15, 0.2) is 0 Å². The predicted octanol–water partition coefficient (Wildman–Crippen LogP) is 4.65. The Morgan fingerprint density at radius 1 is 0.970 bits per heavy atom. The van der Waals surface area contributed by atoms with E-state index in [1.54, 1.807) is 12.1 Å². The molecule has 1 aliphatic heterocycles. The van der Waals surface area contributed by atoms with Crippen LogP contribution in [0.5, 0.6) is 5.75 Å². The average molecular weight is 445 g/mol. The van der Waals surface area contributed by atoms with Gasteiger partial charge in [0.1, 0.15) is 11.4 Å². The smallest absolute Gasteiger partial charge is 0.253 e. The van der Waals surface area contributed by atoms with Crippen molar-refractivity contribution in [3.8, 4) is 5.75 Å². The molecule has 1 saturated heterocycles. The van der Waals surface area contributed by atoms with Gasteiger partial charge in [-0.3, -0.25) is 9.69 Å². The Balaban J connectivity index is 1.69. The summed E-state index contributed by atoms with van der Waals surface area (Å²) in [6, 6.07) is 25.5. The molecular formula is C28H32N2O3. The molecule has 0 aromatic heterocycles. The fraction of sp³-hybridized carbons (Fsp3) is 0.321. The van der Waals surface area contributed by atoms with Gasteiger partial charge in [-0.15, -0.1) is 0 Å². The van der Waals surface area contributed by atoms with Crippen molar-refractivity contribution in [3.05, 3.63) is 101 Å². The number of morpholine rings is 1. The molecule has 0 saturated carbocycles. The Morgan fingerprint density at radius 3 is 2.36 bits per heavy atom. The average Bonchev–Trinajstić information content (AvgIpc) is 2.85. The molecule has 3 aromatic carbocycles. The summed E-state index contributed by atoms with van der Waals surface area (Å²) in [6.07, 6.45) is 0. The molecule has 1 amide bonds. The van der Waals surface area contributed by atoms with Crippen LogP contribution in [0.2, 0.25) is 0 Å². The first-order valence-corrected chi connectivity index (χ1v) is 11.7. The topological polar surface area (TPSA) is 53.0 Å². The molecule has 1 fully saturated rings. The molecule has 5 nitrogen and oxygen atoms in total. The molecule has 1 aliphatic rings. The minimum Gasteiger partial charge on any atom is -0.508 e.